The Balaban J connectivity index is 2.21. The summed E-state index contributed by atoms with van der Waals surface area (Å²) in [4.78, 5) is 35.3. The van der Waals surface area contributed by atoms with Crippen molar-refractivity contribution in [2.24, 2.45) is 5.73 Å². The zero-order chi connectivity index (χ0) is 16.1. The minimum atomic E-state index is -1.13. The van der Waals surface area contributed by atoms with Crippen LogP contribution in [0.25, 0.3) is 0 Å². The van der Waals surface area contributed by atoms with E-state index in [-0.39, 0.29) is 6.42 Å². The van der Waals surface area contributed by atoms with E-state index in [1.807, 2.05) is 0 Å². The van der Waals surface area contributed by atoms with Gasteiger partial charge in [-0.2, -0.15) is 4.39 Å². The van der Waals surface area contributed by atoms with Crippen LogP contribution in [0.2, 0.25) is 0 Å². The number of hydrogen-bond acceptors (Lipinski definition) is 6. The van der Waals surface area contributed by atoms with E-state index in [2.05, 4.69) is 0 Å². The second-order valence-corrected chi connectivity index (χ2v) is 4.91. The topological polar surface area (TPSA) is 106 Å². The molecule has 2 N–H and O–H groups in total. The molecule has 22 heavy (non-hydrogen) atoms. The highest BCUT2D eigenvalue weighted by Crippen LogP contribution is 2.20. The Morgan fingerprint density at radius 3 is 2.91 bits per heavy atom. The number of carbonyl (C=O) groups is 1. The summed E-state index contributed by atoms with van der Waals surface area (Å²) < 4.78 is 25.4. The van der Waals surface area contributed by atoms with Gasteiger partial charge in [0.25, 0.3) is 5.56 Å². The Morgan fingerprint density at radius 1 is 1.50 bits per heavy atom. The number of ether oxygens (including phenoxy) is 2. The Labute approximate surface area is 125 Å². The molecule has 0 amide bonds. The molecule has 1 fully saturated rings. The van der Waals surface area contributed by atoms with Crippen molar-refractivity contribution < 1.29 is 18.7 Å². The molecule has 1 aromatic heterocycles. The number of nitrogens with zero attached hydrogens (tertiary/aromatic N) is 2. The van der Waals surface area contributed by atoms with Gasteiger partial charge in [0, 0.05) is 13.0 Å². The molecule has 0 aromatic carbocycles. The van der Waals surface area contributed by atoms with Crippen molar-refractivity contribution in [1.29, 1.82) is 0 Å². The molecule has 0 saturated carbocycles. The third-order valence-corrected chi connectivity index (χ3v) is 3.31. The summed E-state index contributed by atoms with van der Waals surface area (Å²) in [7, 11) is 0. The van der Waals surface area contributed by atoms with Crippen molar-refractivity contribution >= 4 is 5.97 Å². The largest absolute Gasteiger partial charge is 0.444 e. The lowest BCUT2D eigenvalue weighted by Gasteiger charge is -2.15. The average Bonchev–Trinajstić information content (AvgIpc) is 3.02. The van der Waals surface area contributed by atoms with Gasteiger partial charge in [0.05, 0.1) is 6.20 Å². The molecule has 8 nitrogen and oxygen atoms in total. The monoisotopic (exact) mass is 315 g/mol. The van der Waals surface area contributed by atoms with Crippen LogP contribution >= 0.6 is 0 Å². The van der Waals surface area contributed by atoms with Crippen molar-refractivity contribution in [3.8, 4) is 0 Å². The zero-order valence-corrected chi connectivity index (χ0v) is 12.0. The summed E-state index contributed by atoms with van der Waals surface area (Å²) in [5.41, 5.74) is 3.36. The molecule has 1 aromatic rings. The minimum absolute atomic E-state index is 0.0699. The predicted molar refractivity (Wildman–Crippen MR) is 73.5 cm³/mol. The van der Waals surface area contributed by atoms with Gasteiger partial charge in [-0.3, -0.25) is 14.2 Å². The van der Waals surface area contributed by atoms with Crippen molar-refractivity contribution in [2.75, 3.05) is 13.2 Å². The Bertz CT molecular complexity index is 648. The number of nitrogens with two attached hydrogens (primary N) is 1. The minimum Gasteiger partial charge on any atom is -0.444 e. The highest BCUT2D eigenvalue weighted by molar-refractivity contribution is 5.69. The SMILES string of the molecule is NCCCC(=O)OCn1c(=O)c(F)cn(C2CCCO2)c1=O. The van der Waals surface area contributed by atoms with E-state index >= 15 is 0 Å². The molecule has 1 aliphatic rings. The lowest BCUT2D eigenvalue weighted by molar-refractivity contribution is -0.147. The molecule has 2 rings (SSSR count). The van der Waals surface area contributed by atoms with E-state index in [1.165, 1.54) is 0 Å². The molecule has 0 spiro atoms. The smallest absolute Gasteiger partial charge is 0.336 e. The van der Waals surface area contributed by atoms with E-state index in [4.69, 9.17) is 15.2 Å². The molecule has 0 aliphatic carbocycles. The number of hydrogen-bond donors (Lipinski definition) is 1. The molecular weight excluding hydrogens is 297 g/mol. The highest BCUT2D eigenvalue weighted by atomic mass is 19.1. The van der Waals surface area contributed by atoms with E-state index in [9.17, 15) is 18.8 Å². The molecule has 1 saturated heterocycles. The van der Waals surface area contributed by atoms with E-state index in [0.29, 0.717) is 30.6 Å². The van der Waals surface area contributed by atoms with Crippen LogP contribution in [0.5, 0.6) is 0 Å². The Kier molecular flexibility index (Phi) is 5.45. The summed E-state index contributed by atoms with van der Waals surface area (Å²) >= 11 is 0. The third-order valence-electron chi connectivity index (χ3n) is 3.31. The molecule has 0 radical (unpaired) electrons. The number of esters is 1. The molecule has 1 aliphatic heterocycles. The normalized spacial score (nSPS) is 17.6. The van der Waals surface area contributed by atoms with Crippen LogP contribution in [0, 0.1) is 5.82 Å². The zero-order valence-electron chi connectivity index (χ0n) is 12.0. The van der Waals surface area contributed by atoms with E-state index in [0.717, 1.165) is 17.2 Å². The number of carbonyl (C=O) groups excluding carboxylic acids is 1. The lowest BCUT2D eigenvalue weighted by Crippen LogP contribution is -2.43. The summed E-state index contributed by atoms with van der Waals surface area (Å²) in [6.45, 7) is 0.151. The Morgan fingerprint density at radius 2 is 2.27 bits per heavy atom. The third kappa shape index (κ3) is 3.60. The second kappa shape index (κ2) is 7.32. The quantitative estimate of drug-likeness (QED) is 0.722. The first-order valence-corrected chi connectivity index (χ1v) is 7.03. The molecule has 0 bridgehead atoms. The maximum atomic E-state index is 13.7. The van der Waals surface area contributed by atoms with Crippen LogP contribution in [0.15, 0.2) is 15.8 Å². The van der Waals surface area contributed by atoms with Crippen molar-refractivity contribution in [2.45, 2.75) is 38.6 Å². The fourth-order valence-electron chi connectivity index (χ4n) is 2.14. The molecular formula is C13H18FN3O5. The average molecular weight is 315 g/mol. The van der Waals surface area contributed by atoms with Crippen LogP contribution in [0.1, 0.15) is 31.9 Å². The lowest BCUT2D eigenvalue weighted by atomic mass is 10.3. The summed E-state index contributed by atoms with van der Waals surface area (Å²) in [5.74, 6) is -1.71. The number of aromatic nitrogens is 2. The van der Waals surface area contributed by atoms with Crippen LogP contribution < -0.4 is 17.0 Å². The van der Waals surface area contributed by atoms with Gasteiger partial charge in [-0.25, -0.2) is 9.36 Å². The van der Waals surface area contributed by atoms with Crippen LogP contribution in [0.3, 0.4) is 0 Å². The molecule has 1 atom stereocenters. The van der Waals surface area contributed by atoms with E-state index < -0.39 is 36.0 Å². The molecule has 122 valence electrons. The number of rotatable bonds is 6. The molecule has 1 unspecified atom stereocenters. The van der Waals surface area contributed by atoms with Crippen molar-refractivity contribution in [3.05, 3.63) is 32.9 Å². The summed E-state index contributed by atoms with van der Waals surface area (Å²) in [6, 6.07) is 0. The van der Waals surface area contributed by atoms with Crippen molar-refractivity contribution in [3.63, 3.8) is 0 Å². The molecule has 9 heteroatoms. The fourth-order valence-corrected chi connectivity index (χ4v) is 2.14. The first-order valence-electron chi connectivity index (χ1n) is 7.03. The van der Waals surface area contributed by atoms with Crippen LogP contribution in [-0.4, -0.2) is 28.3 Å². The fraction of sp³-hybridized carbons (Fsp3) is 0.615. The van der Waals surface area contributed by atoms with Crippen LogP contribution in [-0.2, 0) is 21.0 Å². The van der Waals surface area contributed by atoms with Gasteiger partial charge >= 0.3 is 11.7 Å². The maximum Gasteiger partial charge on any atom is 0.336 e. The standard InChI is InChI=1S/C13H18FN3O5/c14-9-7-16(10-3-2-6-21-10)13(20)17(12(9)19)8-22-11(18)4-1-5-15/h7,10H,1-6,8,15H2. The Hall–Kier alpha value is -2.00. The van der Waals surface area contributed by atoms with Gasteiger partial charge < -0.3 is 15.2 Å². The maximum absolute atomic E-state index is 13.7. The number of halogens is 1. The molecule has 2 heterocycles. The van der Waals surface area contributed by atoms with Gasteiger partial charge in [-0.1, -0.05) is 0 Å². The van der Waals surface area contributed by atoms with Gasteiger partial charge in [0.2, 0.25) is 5.82 Å². The van der Waals surface area contributed by atoms with E-state index in [1.54, 1.807) is 0 Å². The first-order chi connectivity index (χ1) is 10.5. The van der Waals surface area contributed by atoms with Crippen molar-refractivity contribution in [1.82, 2.24) is 9.13 Å². The van der Waals surface area contributed by atoms with Crippen LogP contribution in [0.4, 0.5) is 4.39 Å². The predicted octanol–water partition coefficient (Wildman–Crippen LogP) is -0.302. The van der Waals surface area contributed by atoms with Gasteiger partial charge in [0.15, 0.2) is 6.73 Å². The summed E-state index contributed by atoms with van der Waals surface area (Å²) in [6.07, 6.45) is 2.01. The first kappa shape index (κ1) is 16.4. The van der Waals surface area contributed by atoms with Gasteiger partial charge in [0.1, 0.15) is 6.23 Å². The summed E-state index contributed by atoms with van der Waals surface area (Å²) in [5, 5.41) is 0. The highest BCUT2D eigenvalue weighted by Gasteiger charge is 2.22. The van der Waals surface area contributed by atoms with Gasteiger partial charge in [-0.05, 0) is 25.8 Å². The van der Waals surface area contributed by atoms with Gasteiger partial charge in [-0.15, -0.1) is 0 Å². The second-order valence-electron chi connectivity index (χ2n) is 4.91.